The lowest BCUT2D eigenvalue weighted by atomic mass is 10.1. The first kappa shape index (κ1) is 13.2. The van der Waals surface area contributed by atoms with E-state index in [1.165, 1.54) is 10.8 Å². The Morgan fingerprint density at radius 3 is 2.60 bits per heavy atom. The minimum atomic E-state index is 0.746. The summed E-state index contributed by atoms with van der Waals surface area (Å²) in [5.74, 6) is 0. The lowest BCUT2D eigenvalue weighted by Gasteiger charge is -2.08. The maximum Gasteiger partial charge on any atom is 0.0739 e. The predicted octanol–water partition coefficient (Wildman–Crippen LogP) is 4.26. The Bertz CT molecular complexity index is 762. The molecule has 0 saturated heterocycles. The van der Waals surface area contributed by atoms with E-state index in [0.717, 1.165) is 28.1 Å². The summed E-state index contributed by atoms with van der Waals surface area (Å²) in [5, 5.41) is 10.4. The van der Waals surface area contributed by atoms with E-state index in [2.05, 4.69) is 68.8 Å². The normalized spacial score (nSPS) is 10.9. The van der Waals surface area contributed by atoms with Crippen LogP contribution in [0, 0.1) is 6.92 Å². The van der Waals surface area contributed by atoms with Crippen LogP contribution in [0.3, 0.4) is 0 Å². The number of aryl methyl sites for hydroxylation is 2. The van der Waals surface area contributed by atoms with Crippen LogP contribution in [0.2, 0.25) is 0 Å². The van der Waals surface area contributed by atoms with E-state index in [-0.39, 0.29) is 0 Å². The van der Waals surface area contributed by atoms with Crippen LogP contribution in [-0.2, 0) is 13.6 Å². The van der Waals surface area contributed by atoms with Crippen LogP contribution in [0.5, 0.6) is 0 Å². The molecule has 2 aromatic carbocycles. The van der Waals surface area contributed by atoms with Gasteiger partial charge in [-0.3, -0.25) is 4.68 Å². The van der Waals surface area contributed by atoms with Gasteiger partial charge in [0.2, 0.25) is 0 Å². The van der Waals surface area contributed by atoms with Crippen molar-refractivity contribution in [1.29, 1.82) is 0 Å². The Labute approximate surface area is 126 Å². The number of hydrogen-bond acceptors (Lipinski definition) is 2. The number of nitrogens with zero attached hydrogens (tertiary/aromatic N) is 2. The van der Waals surface area contributed by atoms with Crippen molar-refractivity contribution in [3.05, 3.63) is 58.3 Å². The molecule has 4 heteroatoms. The molecule has 0 atom stereocenters. The summed E-state index contributed by atoms with van der Waals surface area (Å²) in [6, 6.07) is 14.8. The smallest absolute Gasteiger partial charge is 0.0739 e. The van der Waals surface area contributed by atoms with Gasteiger partial charge >= 0.3 is 0 Å². The summed E-state index contributed by atoms with van der Waals surface area (Å²) in [5.41, 5.74) is 3.29. The maximum absolute atomic E-state index is 4.40. The molecule has 3 nitrogen and oxygen atoms in total. The molecular formula is C16H16BrN3. The topological polar surface area (TPSA) is 29.9 Å². The van der Waals surface area contributed by atoms with Crippen LogP contribution >= 0.6 is 15.9 Å². The second-order valence-corrected chi connectivity index (χ2v) is 5.68. The summed E-state index contributed by atoms with van der Waals surface area (Å²) >= 11 is 3.59. The highest BCUT2D eigenvalue weighted by Gasteiger charge is 2.09. The van der Waals surface area contributed by atoms with Gasteiger partial charge in [0.1, 0.15) is 0 Å². The Kier molecular flexibility index (Phi) is 3.49. The van der Waals surface area contributed by atoms with Gasteiger partial charge in [0.15, 0.2) is 0 Å². The lowest BCUT2D eigenvalue weighted by Crippen LogP contribution is -2.05. The summed E-state index contributed by atoms with van der Waals surface area (Å²) in [7, 11) is 1.97. The van der Waals surface area contributed by atoms with Crippen molar-refractivity contribution in [2.75, 3.05) is 5.32 Å². The predicted molar refractivity (Wildman–Crippen MR) is 86.9 cm³/mol. The Morgan fingerprint density at radius 1 is 1.15 bits per heavy atom. The molecule has 1 N–H and O–H groups in total. The number of aromatic nitrogens is 2. The first-order chi connectivity index (χ1) is 9.65. The van der Waals surface area contributed by atoms with Crippen molar-refractivity contribution in [3.63, 3.8) is 0 Å². The Morgan fingerprint density at radius 2 is 1.90 bits per heavy atom. The highest BCUT2D eigenvalue weighted by molar-refractivity contribution is 9.10. The van der Waals surface area contributed by atoms with E-state index < -0.39 is 0 Å². The van der Waals surface area contributed by atoms with Crippen LogP contribution in [0.25, 0.3) is 10.8 Å². The van der Waals surface area contributed by atoms with Gasteiger partial charge in [-0.25, -0.2) is 0 Å². The van der Waals surface area contributed by atoms with Gasteiger partial charge in [-0.15, -0.1) is 0 Å². The molecule has 1 aromatic heterocycles. The lowest BCUT2D eigenvalue weighted by molar-refractivity contribution is 0.712. The van der Waals surface area contributed by atoms with Gasteiger partial charge in [0.25, 0.3) is 0 Å². The molecule has 102 valence electrons. The maximum atomic E-state index is 4.40. The van der Waals surface area contributed by atoms with E-state index in [1.54, 1.807) is 0 Å². The molecule has 0 amide bonds. The van der Waals surface area contributed by atoms with Crippen molar-refractivity contribution in [3.8, 4) is 0 Å². The number of benzene rings is 2. The van der Waals surface area contributed by atoms with Crippen molar-refractivity contribution < 1.29 is 0 Å². The van der Waals surface area contributed by atoms with Crippen LogP contribution in [0.15, 0.2) is 46.9 Å². The zero-order valence-corrected chi connectivity index (χ0v) is 13.1. The van der Waals surface area contributed by atoms with Crippen LogP contribution in [-0.4, -0.2) is 9.78 Å². The molecule has 3 rings (SSSR count). The van der Waals surface area contributed by atoms with Gasteiger partial charge < -0.3 is 5.32 Å². The van der Waals surface area contributed by atoms with Crippen molar-refractivity contribution in [2.45, 2.75) is 13.5 Å². The van der Waals surface area contributed by atoms with Gasteiger partial charge in [0.05, 0.1) is 22.4 Å². The third kappa shape index (κ3) is 2.43. The molecule has 1 heterocycles. The fourth-order valence-electron chi connectivity index (χ4n) is 2.36. The highest BCUT2D eigenvalue weighted by Crippen LogP contribution is 2.23. The van der Waals surface area contributed by atoms with E-state index in [1.807, 2.05) is 18.7 Å². The molecule has 3 aromatic rings. The standard InChI is InChI=1S/C16H16BrN3/c1-11-16(17)15(20(2)19-11)10-18-14-8-7-12-5-3-4-6-13(12)9-14/h3-9,18H,10H2,1-2H3. The monoisotopic (exact) mass is 329 g/mol. The van der Waals surface area contributed by atoms with Crippen molar-refractivity contribution in [2.24, 2.45) is 7.05 Å². The van der Waals surface area contributed by atoms with Crippen LogP contribution < -0.4 is 5.32 Å². The largest absolute Gasteiger partial charge is 0.379 e. The molecule has 0 unspecified atom stereocenters. The summed E-state index contributed by atoms with van der Waals surface area (Å²) in [4.78, 5) is 0. The first-order valence-electron chi connectivity index (χ1n) is 6.56. The molecule has 0 radical (unpaired) electrons. The number of halogens is 1. The molecule has 0 aliphatic carbocycles. The van der Waals surface area contributed by atoms with E-state index in [9.17, 15) is 0 Å². The Hall–Kier alpha value is -1.81. The SMILES string of the molecule is Cc1nn(C)c(CNc2ccc3ccccc3c2)c1Br. The molecule has 0 spiro atoms. The molecular weight excluding hydrogens is 314 g/mol. The highest BCUT2D eigenvalue weighted by atomic mass is 79.9. The van der Waals surface area contributed by atoms with Crippen LogP contribution in [0.1, 0.15) is 11.4 Å². The molecule has 0 fully saturated rings. The molecule has 0 aliphatic heterocycles. The number of anilines is 1. The number of nitrogens with one attached hydrogen (secondary N) is 1. The van der Waals surface area contributed by atoms with Crippen LogP contribution in [0.4, 0.5) is 5.69 Å². The average Bonchev–Trinajstić information content (AvgIpc) is 2.70. The number of fused-ring (bicyclic) bond motifs is 1. The molecule has 0 aliphatic rings. The fraction of sp³-hybridized carbons (Fsp3) is 0.188. The Balaban J connectivity index is 1.83. The minimum Gasteiger partial charge on any atom is -0.379 e. The van der Waals surface area contributed by atoms with E-state index in [0.29, 0.717) is 0 Å². The molecule has 0 saturated carbocycles. The van der Waals surface area contributed by atoms with Gasteiger partial charge in [-0.2, -0.15) is 5.10 Å². The average molecular weight is 330 g/mol. The minimum absolute atomic E-state index is 0.746. The number of rotatable bonds is 3. The van der Waals surface area contributed by atoms with E-state index in [4.69, 9.17) is 0 Å². The first-order valence-corrected chi connectivity index (χ1v) is 7.35. The zero-order chi connectivity index (χ0) is 14.1. The number of hydrogen-bond donors (Lipinski definition) is 1. The summed E-state index contributed by atoms with van der Waals surface area (Å²) < 4.78 is 2.99. The van der Waals surface area contributed by atoms with Crippen molar-refractivity contribution in [1.82, 2.24) is 9.78 Å². The third-order valence-electron chi connectivity index (χ3n) is 3.47. The molecule has 20 heavy (non-hydrogen) atoms. The third-order valence-corrected chi connectivity index (χ3v) is 4.50. The van der Waals surface area contributed by atoms with Gasteiger partial charge in [0, 0.05) is 12.7 Å². The second-order valence-electron chi connectivity index (χ2n) is 4.89. The zero-order valence-electron chi connectivity index (χ0n) is 11.5. The molecule has 0 bridgehead atoms. The van der Waals surface area contributed by atoms with Crippen molar-refractivity contribution >= 4 is 32.4 Å². The summed E-state index contributed by atoms with van der Waals surface area (Å²) in [6.45, 7) is 2.75. The second kappa shape index (κ2) is 5.29. The van der Waals surface area contributed by atoms with Gasteiger partial charge in [-0.05, 0) is 45.8 Å². The summed E-state index contributed by atoms with van der Waals surface area (Å²) in [6.07, 6.45) is 0. The van der Waals surface area contributed by atoms with E-state index >= 15 is 0 Å². The van der Waals surface area contributed by atoms with Gasteiger partial charge in [-0.1, -0.05) is 30.3 Å². The fourth-order valence-corrected chi connectivity index (χ4v) is 2.83. The quantitative estimate of drug-likeness (QED) is 0.778.